The number of hydrogen-bond donors (Lipinski definition) is 3. The van der Waals surface area contributed by atoms with Crippen LogP contribution < -0.4 is 16.6 Å². The number of nitro groups is 1. The normalized spacial score (nSPS) is 10.9. The smallest absolute Gasteiger partial charge is 0.269 e. The summed E-state index contributed by atoms with van der Waals surface area (Å²) in [5.41, 5.74) is 6.16. The number of thioether (sulfide) groups is 1. The summed E-state index contributed by atoms with van der Waals surface area (Å²) in [6.07, 6.45) is 1.46. The summed E-state index contributed by atoms with van der Waals surface area (Å²) in [6.45, 7) is 3.92. The van der Waals surface area contributed by atoms with Crippen molar-refractivity contribution in [3.63, 3.8) is 0 Å². The molecule has 31 heavy (non-hydrogen) atoms. The standard InChI is InChI=1S/C19H20N8O3S/c1-12-3-8-16(13(2)9-12)22-17(28)11-31-19-25-24-18(26(19)20)23-21-10-14-4-6-15(7-5-14)27(29)30/h3-10H,11,20H2,1-2H3,(H,22,28)(H,23,24)/b21-10+. The molecule has 0 unspecified atom stereocenters. The van der Waals surface area contributed by atoms with Crippen molar-refractivity contribution in [3.8, 4) is 0 Å². The first-order valence-corrected chi connectivity index (χ1v) is 10.1. The minimum Gasteiger partial charge on any atom is -0.334 e. The lowest BCUT2D eigenvalue weighted by molar-refractivity contribution is -0.384. The summed E-state index contributed by atoms with van der Waals surface area (Å²) in [7, 11) is 0. The number of hydrogen-bond acceptors (Lipinski definition) is 9. The molecule has 0 saturated carbocycles. The lowest BCUT2D eigenvalue weighted by Crippen LogP contribution is -2.17. The van der Waals surface area contributed by atoms with Gasteiger partial charge in [0, 0.05) is 17.8 Å². The van der Waals surface area contributed by atoms with Crippen molar-refractivity contribution in [3.05, 3.63) is 69.3 Å². The summed E-state index contributed by atoms with van der Waals surface area (Å²) >= 11 is 1.13. The van der Waals surface area contributed by atoms with Crippen LogP contribution in [0.25, 0.3) is 0 Å². The van der Waals surface area contributed by atoms with Gasteiger partial charge in [0.2, 0.25) is 11.1 Å². The summed E-state index contributed by atoms with van der Waals surface area (Å²) in [6, 6.07) is 11.7. The Balaban J connectivity index is 1.53. The number of aromatic nitrogens is 3. The fourth-order valence-corrected chi connectivity index (χ4v) is 3.23. The van der Waals surface area contributed by atoms with Crippen molar-refractivity contribution in [1.82, 2.24) is 14.9 Å². The molecule has 1 aromatic heterocycles. The van der Waals surface area contributed by atoms with E-state index in [0.29, 0.717) is 10.7 Å². The molecule has 160 valence electrons. The Labute approximate surface area is 181 Å². The molecule has 0 bridgehead atoms. The number of nitrogens with two attached hydrogens (primary N) is 1. The van der Waals surface area contributed by atoms with Crippen LogP contribution in [0.2, 0.25) is 0 Å². The summed E-state index contributed by atoms with van der Waals surface area (Å²) in [4.78, 5) is 22.4. The van der Waals surface area contributed by atoms with E-state index < -0.39 is 4.92 Å². The Hall–Kier alpha value is -3.93. The van der Waals surface area contributed by atoms with Crippen molar-refractivity contribution in [2.75, 3.05) is 22.3 Å². The third kappa shape index (κ3) is 5.79. The molecule has 0 radical (unpaired) electrons. The maximum atomic E-state index is 12.2. The van der Waals surface area contributed by atoms with Crippen LogP contribution in [0, 0.1) is 24.0 Å². The molecular formula is C19H20N8O3S. The number of carbonyl (C=O) groups is 1. The van der Waals surface area contributed by atoms with Crippen LogP contribution in [0.15, 0.2) is 52.7 Å². The van der Waals surface area contributed by atoms with Crippen LogP contribution in [0.1, 0.15) is 16.7 Å². The van der Waals surface area contributed by atoms with Gasteiger partial charge >= 0.3 is 0 Å². The monoisotopic (exact) mass is 440 g/mol. The second-order valence-corrected chi connectivity index (χ2v) is 7.49. The molecule has 0 spiro atoms. The van der Waals surface area contributed by atoms with Gasteiger partial charge in [-0.15, -0.1) is 10.2 Å². The number of anilines is 2. The molecule has 3 aromatic rings. The molecule has 0 saturated heterocycles. The zero-order chi connectivity index (χ0) is 22.4. The molecule has 1 heterocycles. The highest BCUT2D eigenvalue weighted by molar-refractivity contribution is 7.99. The lowest BCUT2D eigenvalue weighted by Gasteiger charge is -2.08. The first kappa shape index (κ1) is 21.8. The molecule has 0 aliphatic rings. The van der Waals surface area contributed by atoms with Crippen molar-refractivity contribution < 1.29 is 9.72 Å². The van der Waals surface area contributed by atoms with E-state index in [2.05, 4.69) is 26.0 Å². The molecular weight excluding hydrogens is 420 g/mol. The molecule has 12 heteroatoms. The van der Waals surface area contributed by atoms with Crippen LogP contribution in [-0.4, -0.2) is 37.7 Å². The average Bonchev–Trinajstić information content (AvgIpc) is 3.08. The number of nitro benzene ring substituents is 1. The molecule has 0 aliphatic carbocycles. The molecule has 0 aliphatic heterocycles. The van der Waals surface area contributed by atoms with Gasteiger partial charge < -0.3 is 11.2 Å². The first-order valence-electron chi connectivity index (χ1n) is 9.07. The van der Waals surface area contributed by atoms with Crippen LogP contribution in [0.4, 0.5) is 17.3 Å². The van der Waals surface area contributed by atoms with Gasteiger partial charge in [-0.2, -0.15) is 5.10 Å². The topological polar surface area (TPSA) is 153 Å². The largest absolute Gasteiger partial charge is 0.334 e. The van der Waals surface area contributed by atoms with Crippen molar-refractivity contribution in [1.29, 1.82) is 0 Å². The number of benzene rings is 2. The van der Waals surface area contributed by atoms with E-state index in [1.165, 1.54) is 23.0 Å². The average molecular weight is 440 g/mol. The first-order chi connectivity index (χ1) is 14.8. The molecule has 0 atom stereocenters. The van der Waals surface area contributed by atoms with E-state index >= 15 is 0 Å². The minimum absolute atomic E-state index is 0.00458. The van der Waals surface area contributed by atoms with Crippen LogP contribution in [0.5, 0.6) is 0 Å². The maximum Gasteiger partial charge on any atom is 0.269 e. The highest BCUT2D eigenvalue weighted by Gasteiger charge is 2.12. The zero-order valence-electron chi connectivity index (χ0n) is 16.8. The van der Waals surface area contributed by atoms with Crippen molar-refractivity contribution in [2.24, 2.45) is 5.10 Å². The Morgan fingerprint density at radius 3 is 2.68 bits per heavy atom. The number of amides is 1. The van der Waals surface area contributed by atoms with E-state index in [0.717, 1.165) is 28.6 Å². The molecule has 11 nitrogen and oxygen atoms in total. The van der Waals surface area contributed by atoms with Crippen LogP contribution in [0.3, 0.4) is 0 Å². The number of nitrogens with one attached hydrogen (secondary N) is 2. The van der Waals surface area contributed by atoms with Gasteiger partial charge in [0.05, 0.1) is 16.9 Å². The van der Waals surface area contributed by atoms with E-state index in [1.807, 2.05) is 32.0 Å². The number of aryl methyl sites for hydroxylation is 2. The van der Waals surface area contributed by atoms with Crippen LogP contribution >= 0.6 is 11.8 Å². The van der Waals surface area contributed by atoms with Gasteiger partial charge in [0.25, 0.3) is 11.6 Å². The van der Waals surface area contributed by atoms with Gasteiger partial charge in [-0.3, -0.25) is 14.9 Å². The van der Waals surface area contributed by atoms with Gasteiger partial charge in [0.1, 0.15) is 0 Å². The molecule has 0 fully saturated rings. The van der Waals surface area contributed by atoms with E-state index in [9.17, 15) is 14.9 Å². The number of nitrogen functional groups attached to an aromatic ring is 1. The second-order valence-electron chi connectivity index (χ2n) is 6.55. The Morgan fingerprint density at radius 2 is 2.00 bits per heavy atom. The number of non-ortho nitro benzene ring substituents is 1. The third-order valence-corrected chi connectivity index (χ3v) is 5.08. The number of rotatable bonds is 8. The van der Waals surface area contributed by atoms with E-state index in [-0.39, 0.29) is 23.3 Å². The molecule has 2 aromatic carbocycles. The number of carbonyl (C=O) groups excluding carboxylic acids is 1. The van der Waals surface area contributed by atoms with Crippen molar-refractivity contribution in [2.45, 2.75) is 19.0 Å². The van der Waals surface area contributed by atoms with Gasteiger partial charge in [0.15, 0.2) is 0 Å². The van der Waals surface area contributed by atoms with Crippen LogP contribution in [-0.2, 0) is 4.79 Å². The predicted molar refractivity (Wildman–Crippen MR) is 120 cm³/mol. The summed E-state index contributed by atoms with van der Waals surface area (Å²) in [5, 5.41) is 25.7. The zero-order valence-corrected chi connectivity index (χ0v) is 17.6. The summed E-state index contributed by atoms with van der Waals surface area (Å²) in [5.74, 6) is 6.04. The Bertz CT molecular complexity index is 1130. The van der Waals surface area contributed by atoms with E-state index in [1.54, 1.807) is 12.1 Å². The fraction of sp³-hybridized carbons (Fsp3) is 0.158. The van der Waals surface area contributed by atoms with Gasteiger partial charge in [-0.05, 0) is 43.2 Å². The Morgan fingerprint density at radius 1 is 1.26 bits per heavy atom. The lowest BCUT2D eigenvalue weighted by atomic mass is 10.1. The SMILES string of the molecule is Cc1ccc(NC(=O)CSc2nnc(N/N=C/c3ccc([N+](=O)[O-])cc3)n2N)c(C)c1. The molecule has 4 N–H and O–H groups in total. The quantitative estimate of drug-likeness (QED) is 0.159. The van der Waals surface area contributed by atoms with Crippen molar-refractivity contribution >= 4 is 41.2 Å². The highest BCUT2D eigenvalue weighted by Crippen LogP contribution is 2.19. The maximum absolute atomic E-state index is 12.2. The predicted octanol–water partition coefficient (Wildman–Crippen LogP) is 2.69. The fourth-order valence-electron chi connectivity index (χ4n) is 2.57. The van der Waals surface area contributed by atoms with E-state index in [4.69, 9.17) is 5.84 Å². The van der Waals surface area contributed by atoms with Gasteiger partial charge in [-0.1, -0.05) is 29.5 Å². The third-order valence-electron chi connectivity index (χ3n) is 4.13. The minimum atomic E-state index is -0.475. The van der Waals surface area contributed by atoms with Gasteiger partial charge in [-0.25, -0.2) is 10.1 Å². The highest BCUT2D eigenvalue weighted by atomic mass is 32.2. The summed E-state index contributed by atoms with van der Waals surface area (Å²) < 4.78 is 1.18. The number of nitrogens with zero attached hydrogens (tertiary/aromatic N) is 5. The molecule has 1 amide bonds. The molecule has 3 rings (SSSR count). The number of hydrazone groups is 1. The second kappa shape index (κ2) is 9.71. The Kier molecular flexibility index (Phi) is 6.82.